The summed E-state index contributed by atoms with van der Waals surface area (Å²) in [6.07, 6.45) is 2.56. The molecule has 5 nitrogen and oxygen atoms in total. The second-order valence-corrected chi connectivity index (χ2v) is 5.82. The number of anilines is 1. The van der Waals surface area contributed by atoms with Crippen molar-refractivity contribution in [3.63, 3.8) is 0 Å². The Bertz CT molecular complexity index is 758. The first-order valence-corrected chi connectivity index (χ1v) is 8.41. The van der Waals surface area contributed by atoms with Gasteiger partial charge in [0.15, 0.2) is 0 Å². The number of halogens is 1. The van der Waals surface area contributed by atoms with Crippen LogP contribution in [-0.4, -0.2) is 18.0 Å². The molecule has 0 bridgehead atoms. The van der Waals surface area contributed by atoms with Crippen LogP contribution in [0.25, 0.3) is 0 Å². The third kappa shape index (κ3) is 6.39. The van der Waals surface area contributed by atoms with Crippen molar-refractivity contribution in [2.45, 2.75) is 26.2 Å². The molecule has 0 saturated carbocycles. The molecule has 0 aliphatic heterocycles. The van der Waals surface area contributed by atoms with Crippen LogP contribution in [0, 0.1) is 0 Å². The molecule has 0 aliphatic carbocycles. The standard InChI is InChI=1S/C19H20ClN3O2/c1-2-14-7-9-16(10-8-14)22-18(24)11-12-19(25)23-21-13-15-5-3-4-6-17(15)20/h3-10,13H,2,11-12H2,1H3,(H,22,24)(H,23,25). The Hall–Kier alpha value is -2.66. The summed E-state index contributed by atoms with van der Waals surface area (Å²) in [4.78, 5) is 23.6. The molecular weight excluding hydrogens is 338 g/mol. The molecule has 6 heteroatoms. The van der Waals surface area contributed by atoms with Crippen molar-refractivity contribution in [2.24, 2.45) is 5.10 Å². The number of nitrogens with one attached hydrogen (secondary N) is 2. The molecule has 130 valence electrons. The van der Waals surface area contributed by atoms with E-state index in [0.717, 1.165) is 12.1 Å². The van der Waals surface area contributed by atoms with Crippen molar-refractivity contribution in [2.75, 3.05) is 5.32 Å². The molecule has 0 unspecified atom stereocenters. The zero-order valence-electron chi connectivity index (χ0n) is 14.0. The van der Waals surface area contributed by atoms with Crippen LogP contribution in [0.3, 0.4) is 0 Å². The molecule has 0 heterocycles. The van der Waals surface area contributed by atoms with Gasteiger partial charge in [0.05, 0.1) is 6.21 Å². The van der Waals surface area contributed by atoms with Gasteiger partial charge in [0.1, 0.15) is 0 Å². The van der Waals surface area contributed by atoms with Crippen molar-refractivity contribution in [3.05, 3.63) is 64.7 Å². The van der Waals surface area contributed by atoms with E-state index in [-0.39, 0.29) is 24.7 Å². The van der Waals surface area contributed by atoms with E-state index in [1.807, 2.05) is 36.4 Å². The van der Waals surface area contributed by atoms with Crippen LogP contribution in [0.1, 0.15) is 30.9 Å². The maximum Gasteiger partial charge on any atom is 0.240 e. The third-order valence-corrected chi connectivity index (χ3v) is 3.87. The maximum atomic E-state index is 11.9. The predicted octanol–water partition coefficient (Wildman–Crippen LogP) is 3.77. The summed E-state index contributed by atoms with van der Waals surface area (Å²) in [5.74, 6) is -0.547. The van der Waals surface area contributed by atoms with Gasteiger partial charge in [0, 0.05) is 29.1 Å². The van der Waals surface area contributed by atoms with Gasteiger partial charge in [-0.15, -0.1) is 0 Å². The summed E-state index contributed by atoms with van der Waals surface area (Å²) in [6, 6.07) is 14.8. The van der Waals surface area contributed by atoms with E-state index >= 15 is 0 Å². The van der Waals surface area contributed by atoms with Crippen molar-refractivity contribution in [3.8, 4) is 0 Å². The maximum absolute atomic E-state index is 11.9. The van der Waals surface area contributed by atoms with Gasteiger partial charge >= 0.3 is 0 Å². The number of rotatable bonds is 7. The number of benzene rings is 2. The second-order valence-electron chi connectivity index (χ2n) is 5.41. The molecular formula is C19H20ClN3O2. The minimum absolute atomic E-state index is 0.0543. The highest BCUT2D eigenvalue weighted by Gasteiger charge is 2.07. The number of amides is 2. The van der Waals surface area contributed by atoms with E-state index in [0.29, 0.717) is 10.6 Å². The van der Waals surface area contributed by atoms with Crippen molar-refractivity contribution in [1.82, 2.24) is 5.43 Å². The Morgan fingerprint density at radius 2 is 1.72 bits per heavy atom. The molecule has 0 fully saturated rings. The van der Waals surface area contributed by atoms with Gasteiger partial charge in [0.25, 0.3) is 0 Å². The Balaban J connectivity index is 1.73. The number of aryl methyl sites for hydroxylation is 1. The average molecular weight is 358 g/mol. The van der Waals surface area contributed by atoms with Crippen LogP contribution in [0.5, 0.6) is 0 Å². The molecule has 2 amide bonds. The molecule has 0 atom stereocenters. The smallest absolute Gasteiger partial charge is 0.240 e. The summed E-state index contributed by atoms with van der Waals surface area (Å²) in [5, 5.41) is 7.16. The van der Waals surface area contributed by atoms with Gasteiger partial charge in [-0.25, -0.2) is 5.43 Å². The van der Waals surface area contributed by atoms with Crippen molar-refractivity contribution >= 4 is 35.3 Å². The van der Waals surface area contributed by atoms with Crippen molar-refractivity contribution in [1.29, 1.82) is 0 Å². The Kier molecular flexibility index (Phi) is 7.16. The first kappa shape index (κ1) is 18.7. The highest BCUT2D eigenvalue weighted by molar-refractivity contribution is 6.33. The quantitative estimate of drug-likeness (QED) is 0.585. The molecule has 2 rings (SSSR count). The molecule has 0 radical (unpaired) electrons. The number of hydrazone groups is 1. The van der Waals surface area contributed by atoms with E-state index in [4.69, 9.17) is 11.6 Å². The number of hydrogen-bond acceptors (Lipinski definition) is 3. The average Bonchev–Trinajstić information content (AvgIpc) is 2.62. The lowest BCUT2D eigenvalue weighted by molar-refractivity contribution is -0.124. The molecule has 2 aromatic carbocycles. The van der Waals surface area contributed by atoms with Crippen molar-refractivity contribution < 1.29 is 9.59 Å². The summed E-state index contributed by atoms with van der Waals surface area (Å²) in [6.45, 7) is 2.07. The number of nitrogens with zero attached hydrogens (tertiary/aromatic N) is 1. The number of hydrogen-bond donors (Lipinski definition) is 2. The van der Waals surface area contributed by atoms with Crippen LogP contribution < -0.4 is 10.7 Å². The molecule has 25 heavy (non-hydrogen) atoms. The predicted molar refractivity (Wildman–Crippen MR) is 101 cm³/mol. The highest BCUT2D eigenvalue weighted by Crippen LogP contribution is 2.12. The van der Waals surface area contributed by atoms with Gasteiger partial charge in [-0.2, -0.15) is 5.10 Å². The zero-order valence-corrected chi connectivity index (χ0v) is 14.7. The van der Waals surface area contributed by atoms with E-state index in [1.54, 1.807) is 12.1 Å². The molecule has 2 N–H and O–H groups in total. The third-order valence-electron chi connectivity index (χ3n) is 3.52. The highest BCUT2D eigenvalue weighted by atomic mass is 35.5. The van der Waals surface area contributed by atoms with Gasteiger partial charge in [-0.1, -0.05) is 48.9 Å². The first-order valence-electron chi connectivity index (χ1n) is 8.03. The van der Waals surface area contributed by atoms with E-state index < -0.39 is 0 Å². The molecule has 0 aromatic heterocycles. The monoisotopic (exact) mass is 357 g/mol. The van der Waals surface area contributed by atoms with Gasteiger partial charge in [-0.3, -0.25) is 9.59 Å². The molecule has 0 spiro atoms. The minimum Gasteiger partial charge on any atom is -0.326 e. The molecule has 0 aliphatic rings. The number of carbonyl (C=O) groups is 2. The van der Waals surface area contributed by atoms with E-state index in [9.17, 15) is 9.59 Å². The Morgan fingerprint density at radius 1 is 1.04 bits per heavy atom. The van der Waals surface area contributed by atoms with Crippen LogP contribution >= 0.6 is 11.6 Å². The summed E-state index contributed by atoms with van der Waals surface area (Å²) in [5.41, 5.74) is 5.01. The Morgan fingerprint density at radius 3 is 2.40 bits per heavy atom. The van der Waals surface area contributed by atoms with Gasteiger partial charge in [0.2, 0.25) is 11.8 Å². The lowest BCUT2D eigenvalue weighted by Crippen LogP contribution is -2.20. The fraction of sp³-hybridized carbons (Fsp3) is 0.211. The second kappa shape index (κ2) is 9.59. The largest absolute Gasteiger partial charge is 0.326 e. The van der Waals surface area contributed by atoms with Crippen LogP contribution in [-0.2, 0) is 16.0 Å². The SMILES string of the molecule is CCc1ccc(NC(=O)CCC(=O)NN=Cc2ccccc2Cl)cc1. The molecule has 2 aromatic rings. The number of carbonyl (C=O) groups excluding carboxylic acids is 2. The van der Waals surface area contributed by atoms with Crippen LogP contribution in [0.2, 0.25) is 5.02 Å². The first-order chi connectivity index (χ1) is 12.1. The fourth-order valence-electron chi connectivity index (χ4n) is 2.08. The fourth-order valence-corrected chi connectivity index (χ4v) is 2.27. The zero-order chi connectivity index (χ0) is 18.1. The molecule has 0 saturated heterocycles. The summed E-state index contributed by atoms with van der Waals surface area (Å²) < 4.78 is 0. The van der Waals surface area contributed by atoms with E-state index in [2.05, 4.69) is 22.8 Å². The van der Waals surface area contributed by atoms with Gasteiger partial charge < -0.3 is 5.32 Å². The van der Waals surface area contributed by atoms with Crippen LogP contribution in [0.15, 0.2) is 53.6 Å². The normalized spacial score (nSPS) is 10.6. The summed E-state index contributed by atoms with van der Waals surface area (Å²) in [7, 11) is 0. The minimum atomic E-state index is -0.334. The lowest BCUT2D eigenvalue weighted by Gasteiger charge is -2.05. The lowest BCUT2D eigenvalue weighted by atomic mass is 10.1. The summed E-state index contributed by atoms with van der Waals surface area (Å²) >= 11 is 5.98. The van der Waals surface area contributed by atoms with Gasteiger partial charge in [-0.05, 0) is 30.2 Å². The topological polar surface area (TPSA) is 70.6 Å². The van der Waals surface area contributed by atoms with E-state index in [1.165, 1.54) is 11.8 Å². The Labute approximate surface area is 152 Å². The van der Waals surface area contributed by atoms with Crippen LogP contribution in [0.4, 0.5) is 5.69 Å².